The third-order valence-electron chi connectivity index (χ3n) is 8.97. The minimum atomic E-state index is -0.799. The van der Waals surface area contributed by atoms with Gasteiger partial charge in [-0.1, -0.05) is 13.8 Å². The number of fused-ring (bicyclic) bond motifs is 7. The molecule has 0 aromatic heterocycles. The van der Waals surface area contributed by atoms with Crippen molar-refractivity contribution < 1.29 is 14.9 Å². The van der Waals surface area contributed by atoms with Crippen LogP contribution in [-0.4, -0.2) is 28.2 Å². The van der Waals surface area contributed by atoms with Crippen LogP contribution in [0.5, 0.6) is 0 Å². The Morgan fingerprint density at radius 2 is 1.77 bits per heavy atom. The van der Waals surface area contributed by atoms with E-state index in [4.69, 9.17) is 4.74 Å². The molecular formula is C19H30O3. The second-order valence-corrected chi connectivity index (χ2v) is 9.59. The molecule has 0 aromatic rings. The Morgan fingerprint density at radius 3 is 2.59 bits per heavy atom. The molecule has 0 bridgehead atoms. The second-order valence-electron chi connectivity index (χ2n) is 9.59. The summed E-state index contributed by atoms with van der Waals surface area (Å²) in [7, 11) is 0. The van der Waals surface area contributed by atoms with Crippen LogP contribution in [0.25, 0.3) is 0 Å². The van der Waals surface area contributed by atoms with Crippen molar-refractivity contribution in [1.29, 1.82) is 0 Å². The molecule has 3 nitrogen and oxygen atoms in total. The summed E-state index contributed by atoms with van der Waals surface area (Å²) in [5.74, 6) is 2.14. The van der Waals surface area contributed by atoms with Crippen molar-refractivity contribution in [2.75, 3.05) is 0 Å². The van der Waals surface area contributed by atoms with Gasteiger partial charge in [0.25, 0.3) is 0 Å². The predicted octanol–water partition coefficient (Wildman–Crippen LogP) is 3.09. The van der Waals surface area contributed by atoms with Crippen LogP contribution in [0.4, 0.5) is 0 Å². The van der Waals surface area contributed by atoms with E-state index in [1.54, 1.807) is 0 Å². The number of hydrogen-bond acceptors (Lipinski definition) is 3. The van der Waals surface area contributed by atoms with Crippen LogP contribution in [0.2, 0.25) is 0 Å². The van der Waals surface area contributed by atoms with E-state index < -0.39 is 5.79 Å². The van der Waals surface area contributed by atoms with Crippen LogP contribution < -0.4 is 0 Å². The average molecular weight is 306 g/mol. The molecule has 0 aromatic carbocycles. The third kappa shape index (κ3) is 1.49. The van der Waals surface area contributed by atoms with Gasteiger partial charge < -0.3 is 14.9 Å². The van der Waals surface area contributed by atoms with E-state index in [0.29, 0.717) is 11.3 Å². The number of rotatable bonds is 0. The molecule has 22 heavy (non-hydrogen) atoms. The number of aliphatic hydroxyl groups excluding tert-OH is 1. The van der Waals surface area contributed by atoms with Crippen LogP contribution in [0.1, 0.15) is 65.2 Å². The first-order valence-electron chi connectivity index (χ1n) is 9.47. The molecule has 9 atom stereocenters. The number of hydrogen-bond donors (Lipinski definition) is 2. The summed E-state index contributed by atoms with van der Waals surface area (Å²) in [6, 6.07) is 0. The highest BCUT2D eigenvalue weighted by molar-refractivity contribution is 5.20. The van der Waals surface area contributed by atoms with Crippen molar-refractivity contribution in [2.24, 2.45) is 34.5 Å². The highest BCUT2D eigenvalue weighted by atomic mass is 16.7. The minimum absolute atomic E-state index is 0.0185. The largest absolute Gasteiger partial charge is 0.393 e. The number of epoxide rings is 1. The molecular weight excluding hydrogens is 276 g/mol. The van der Waals surface area contributed by atoms with E-state index in [1.165, 1.54) is 25.7 Å². The zero-order valence-corrected chi connectivity index (χ0v) is 13.9. The lowest BCUT2D eigenvalue weighted by Crippen LogP contribution is -2.55. The Balaban J connectivity index is 1.48. The third-order valence-corrected chi connectivity index (χ3v) is 8.97. The molecule has 3 heteroatoms. The van der Waals surface area contributed by atoms with Crippen LogP contribution in [-0.2, 0) is 4.74 Å². The van der Waals surface area contributed by atoms with Gasteiger partial charge in [0.15, 0.2) is 5.79 Å². The zero-order valence-electron chi connectivity index (χ0n) is 13.9. The molecule has 4 aliphatic carbocycles. The molecule has 4 saturated carbocycles. The van der Waals surface area contributed by atoms with E-state index in [2.05, 4.69) is 13.8 Å². The Kier molecular flexibility index (Phi) is 2.65. The monoisotopic (exact) mass is 306 g/mol. The van der Waals surface area contributed by atoms with E-state index in [9.17, 15) is 10.2 Å². The summed E-state index contributed by atoms with van der Waals surface area (Å²) in [6.07, 6.45) is 9.32. The Morgan fingerprint density at radius 1 is 1.00 bits per heavy atom. The molecule has 0 spiro atoms. The van der Waals surface area contributed by atoms with Gasteiger partial charge in [-0.05, 0) is 80.5 Å². The van der Waals surface area contributed by atoms with Crippen LogP contribution in [0.3, 0.4) is 0 Å². The maximum atomic E-state index is 10.8. The quantitative estimate of drug-likeness (QED) is 0.676. The maximum absolute atomic E-state index is 10.8. The molecule has 124 valence electrons. The summed E-state index contributed by atoms with van der Waals surface area (Å²) >= 11 is 0. The molecule has 5 aliphatic rings. The van der Waals surface area contributed by atoms with Crippen molar-refractivity contribution in [3.8, 4) is 0 Å². The van der Waals surface area contributed by atoms with Gasteiger partial charge in [0.2, 0.25) is 0 Å². The topological polar surface area (TPSA) is 53.0 Å². The first-order valence-corrected chi connectivity index (χ1v) is 9.47. The highest BCUT2D eigenvalue weighted by Gasteiger charge is 2.77. The van der Waals surface area contributed by atoms with E-state index in [-0.39, 0.29) is 17.6 Å². The molecule has 5 fully saturated rings. The highest BCUT2D eigenvalue weighted by Crippen LogP contribution is 2.72. The summed E-state index contributed by atoms with van der Waals surface area (Å²) in [5, 5.41) is 21.1. The van der Waals surface area contributed by atoms with Gasteiger partial charge in [-0.3, -0.25) is 0 Å². The Labute approximate surface area is 133 Å². The van der Waals surface area contributed by atoms with Crippen molar-refractivity contribution in [3.05, 3.63) is 0 Å². The van der Waals surface area contributed by atoms with Crippen molar-refractivity contribution in [2.45, 2.75) is 83.2 Å². The van der Waals surface area contributed by atoms with Crippen LogP contribution >= 0.6 is 0 Å². The summed E-state index contributed by atoms with van der Waals surface area (Å²) in [4.78, 5) is 0. The van der Waals surface area contributed by atoms with Gasteiger partial charge >= 0.3 is 0 Å². The minimum Gasteiger partial charge on any atom is -0.393 e. The fraction of sp³-hybridized carbons (Fsp3) is 1.00. The molecule has 2 N–H and O–H groups in total. The number of aliphatic hydroxyl groups is 2. The molecule has 4 unspecified atom stereocenters. The van der Waals surface area contributed by atoms with Gasteiger partial charge in [-0.15, -0.1) is 0 Å². The first kappa shape index (κ1) is 14.2. The second kappa shape index (κ2) is 4.10. The van der Waals surface area contributed by atoms with E-state index in [0.717, 1.165) is 43.4 Å². The maximum Gasteiger partial charge on any atom is 0.198 e. The van der Waals surface area contributed by atoms with Crippen molar-refractivity contribution in [1.82, 2.24) is 0 Å². The Hall–Kier alpha value is -0.120. The van der Waals surface area contributed by atoms with Crippen LogP contribution in [0, 0.1) is 34.5 Å². The Bertz CT molecular complexity index is 507. The normalized spacial score (nSPS) is 66.0. The van der Waals surface area contributed by atoms with Crippen LogP contribution in [0.15, 0.2) is 0 Å². The van der Waals surface area contributed by atoms with Gasteiger partial charge in [-0.25, -0.2) is 0 Å². The predicted molar refractivity (Wildman–Crippen MR) is 82.9 cm³/mol. The lowest BCUT2D eigenvalue weighted by Gasteiger charge is -2.61. The average Bonchev–Trinajstić information content (AvgIpc) is 3.07. The lowest BCUT2D eigenvalue weighted by molar-refractivity contribution is -0.178. The SMILES string of the molecule is C[C@]12CC(O)CCC1CC[C@@H]1[C@H]2CC[C@@]2(C)[C@H]1CC1OC12O. The van der Waals surface area contributed by atoms with Gasteiger partial charge in [0.1, 0.15) is 6.10 Å². The fourth-order valence-corrected chi connectivity index (χ4v) is 7.65. The molecule has 1 heterocycles. The summed E-state index contributed by atoms with van der Waals surface area (Å²) < 4.78 is 5.66. The molecule has 0 radical (unpaired) electrons. The fourth-order valence-electron chi connectivity index (χ4n) is 7.65. The van der Waals surface area contributed by atoms with E-state index in [1.807, 2.05) is 0 Å². The molecule has 1 saturated heterocycles. The van der Waals surface area contributed by atoms with Gasteiger partial charge in [0.05, 0.1) is 6.10 Å². The van der Waals surface area contributed by atoms with Crippen molar-refractivity contribution >= 4 is 0 Å². The standard InChI is InChI=1S/C19H30O3/c1-17-10-12(20)5-3-11(17)4-6-13-14(17)7-8-18(2)15(13)9-16-19(18,21)22-16/h11-16,20-21H,3-10H2,1-2H3/t11?,12?,13-,14-,15+,16?,17+,18+,19?/m1/s1. The molecule has 0 amide bonds. The lowest BCUT2D eigenvalue weighted by atomic mass is 9.45. The summed E-state index contributed by atoms with van der Waals surface area (Å²) in [5.41, 5.74) is 0.313. The van der Waals surface area contributed by atoms with Crippen molar-refractivity contribution in [3.63, 3.8) is 0 Å². The van der Waals surface area contributed by atoms with E-state index >= 15 is 0 Å². The summed E-state index contributed by atoms with van der Waals surface area (Å²) in [6.45, 7) is 4.76. The number of ether oxygens (including phenoxy) is 1. The van der Waals surface area contributed by atoms with Gasteiger partial charge in [0, 0.05) is 5.41 Å². The molecule has 1 aliphatic heterocycles. The zero-order chi connectivity index (χ0) is 15.3. The van der Waals surface area contributed by atoms with Gasteiger partial charge in [-0.2, -0.15) is 0 Å². The molecule has 5 rings (SSSR count). The first-order chi connectivity index (χ1) is 10.4. The smallest absolute Gasteiger partial charge is 0.198 e.